The number of carbonyl (C=O) groups is 2. The summed E-state index contributed by atoms with van der Waals surface area (Å²) in [7, 11) is 3.14. The number of hydrogen-bond acceptors (Lipinski definition) is 4. The lowest BCUT2D eigenvalue weighted by atomic mass is 9.81. The first-order chi connectivity index (χ1) is 10.0. The smallest absolute Gasteiger partial charge is 0.317 e. The number of urea groups is 1. The standard InChI is InChI=1S/C14H24N2O5/c1-20-8-11(21-2)6-15-13(19)16-7-10-4-3-5-14(10,9-16)12(17)18/h10-11H,3-9H2,1-2H3,(H,15,19)(H,17,18)/t10-,11?,14+/m0/s1. The first-order valence-electron chi connectivity index (χ1n) is 7.31. The van der Waals surface area contributed by atoms with Crippen LogP contribution in [0.4, 0.5) is 4.79 Å². The molecular formula is C14H24N2O5. The Balaban J connectivity index is 1.89. The first-order valence-corrected chi connectivity index (χ1v) is 7.31. The van der Waals surface area contributed by atoms with E-state index in [1.54, 1.807) is 19.1 Å². The molecular weight excluding hydrogens is 276 g/mol. The van der Waals surface area contributed by atoms with E-state index in [2.05, 4.69) is 5.32 Å². The minimum Gasteiger partial charge on any atom is -0.481 e. The number of likely N-dealkylation sites (tertiary alicyclic amines) is 1. The van der Waals surface area contributed by atoms with Crippen molar-refractivity contribution in [1.29, 1.82) is 0 Å². The topological polar surface area (TPSA) is 88.1 Å². The molecule has 7 heteroatoms. The number of amides is 2. The molecule has 0 spiro atoms. The fraction of sp³-hybridized carbons (Fsp3) is 0.857. The van der Waals surface area contributed by atoms with Gasteiger partial charge in [0.1, 0.15) is 0 Å². The van der Waals surface area contributed by atoms with Gasteiger partial charge in [0.25, 0.3) is 0 Å². The lowest BCUT2D eigenvalue weighted by Crippen LogP contribution is -2.44. The van der Waals surface area contributed by atoms with Crippen molar-refractivity contribution in [1.82, 2.24) is 10.2 Å². The summed E-state index contributed by atoms with van der Waals surface area (Å²) in [6, 6.07) is -0.219. The molecule has 1 aliphatic heterocycles. The van der Waals surface area contributed by atoms with E-state index in [9.17, 15) is 14.7 Å². The fourth-order valence-electron chi connectivity index (χ4n) is 3.50. The molecule has 120 valence electrons. The van der Waals surface area contributed by atoms with Crippen LogP contribution >= 0.6 is 0 Å². The largest absolute Gasteiger partial charge is 0.481 e. The zero-order valence-corrected chi connectivity index (χ0v) is 12.6. The maximum absolute atomic E-state index is 12.2. The third-order valence-electron chi connectivity index (χ3n) is 4.75. The summed E-state index contributed by atoms with van der Waals surface area (Å²) in [4.78, 5) is 25.4. The average molecular weight is 300 g/mol. The highest BCUT2D eigenvalue weighted by Gasteiger charge is 2.55. The Bertz CT molecular complexity index is 403. The molecule has 1 saturated carbocycles. The Morgan fingerprint density at radius 1 is 1.48 bits per heavy atom. The molecule has 0 aromatic carbocycles. The number of carboxylic acid groups (broad SMARTS) is 1. The lowest BCUT2D eigenvalue weighted by molar-refractivity contribution is -0.149. The van der Waals surface area contributed by atoms with E-state index in [0.29, 0.717) is 32.7 Å². The number of fused-ring (bicyclic) bond motifs is 1. The number of carboxylic acids is 1. The van der Waals surface area contributed by atoms with E-state index in [-0.39, 0.29) is 18.1 Å². The van der Waals surface area contributed by atoms with Crippen molar-refractivity contribution in [3.05, 3.63) is 0 Å². The van der Waals surface area contributed by atoms with Gasteiger partial charge in [-0.25, -0.2) is 4.79 Å². The Morgan fingerprint density at radius 3 is 2.81 bits per heavy atom. The summed E-state index contributed by atoms with van der Waals surface area (Å²) in [5.41, 5.74) is -0.732. The molecule has 2 N–H and O–H groups in total. The summed E-state index contributed by atoms with van der Waals surface area (Å²) in [6.45, 7) is 1.59. The molecule has 1 saturated heterocycles. The van der Waals surface area contributed by atoms with Crippen molar-refractivity contribution in [3.8, 4) is 0 Å². The zero-order valence-electron chi connectivity index (χ0n) is 12.6. The van der Waals surface area contributed by atoms with Gasteiger partial charge in [-0.05, 0) is 18.8 Å². The fourth-order valence-corrected chi connectivity index (χ4v) is 3.50. The molecule has 2 aliphatic rings. The number of nitrogens with zero attached hydrogens (tertiary/aromatic N) is 1. The van der Waals surface area contributed by atoms with E-state index in [1.807, 2.05) is 0 Å². The van der Waals surface area contributed by atoms with Crippen LogP contribution in [0.3, 0.4) is 0 Å². The second-order valence-corrected chi connectivity index (χ2v) is 5.93. The minimum absolute atomic E-state index is 0.0814. The molecule has 1 unspecified atom stereocenters. The second-order valence-electron chi connectivity index (χ2n) is 5.93. The number of methoxy groups -OCH3 is 2. The number of hydrogen-bond donors (Lipinski definition) is 2. The SMILES string of the molecule is COCC(CNC(=O)N1C[C@@H]2CCC[C@@]2(C(=O)O)C1)OC. The minimum atomic E-state index is -0.769. The molecule has 21 heavy (non-hydrogen) atoms. The van der Waals surface area contributed by atoms with Crippen molar-refractivity contribution in [2.45, 2.75) is 25.4 Å². The van der Waals surface area contributed by atoms with Crippen molar-refractivity contribution < 1.29 is 24.2 Å². The van der Waals surface area contributed by atoms with Crippen LogP contribution in [0, 0.1) is 11.3 Å². The van der Waals surface area contributed by atoms with Crippen molar-refractivity contribution in [3.63, 3.8) is 0 Å². The predicted octanol–water partition coefficient (Wildman–Crippen LogP) is 0.544. The van der Waals surface area contributed by atoms with Gasteiger partial charge in [0, 0.05) is 33.9 Å². The maximum atomic E-state index is 12.2. The molecule has 7 nitrogen and oxygen atoms in total. The molecule has 2 rings (SSSR count). The third kappa shape index (κ3) is 3.13. The Kier molecular flexibility index (Phi) is 5.05. The van der Waals surface area contributed by atoms with Gasteiger partial charge in [-0.15, -0.1) is 0 Å². The molecule has 0 aromatic rings. The number of ether oxygens (including phenoxy) is 2. The van der Waals surface area contributed by atoms with Crippen molar-refractivity contribution in [2.75, 3.05) is 40.5 Å². The molecule has 1 heterocycles. The van der Waals surface area contributed by atoms with Crippen LogP contribution in [-0.4, -0.2) is 68.6 Å². The molecule has 1 aliphatic carbocycles. The van der Waals surface area contributed by atoms with Gasteiger partial charge in [0.15, 0.2) is 0 Å². The summed E-state index contributed by atoms with van der Waals surface area (Å²) in [6.07, 6.45) is 2.29. The zero-order chi connectivity index (χ0) is 15.5. The van der Waals surface area contributed by atoms with Crippen LogP contribution in [0.25, 0.3) is 0 Å². The van der Waals surface area contributed by atoms with Gasteiger partial charge < -0.3 is 24.8 Å². The Labute approximate surface area is 124 Å². The van der Waals surface area contributed by atoms with E-state index in [1.165, 1.54) is 0 Å². The quantitative estimate of drug-likeness (QED) is 0.747. The second kappa shape index (κ2) is 6.62. The Hall–Kier alpha value is -1.34. The molecule has 2 amide bonds. The average Bonchev–Trinajstić information content (AvgIpc) is 3.00. The molecule has 3 atom stereocenters. The highest BCUT2D eigenvalue weighted by atomic mass is 16.5. The van der Waals surface area contributed by atoms with E-state index in [4.69, 9.17) is 9.47 Å². The van der Waals surface area contributed by atoms with Crippen molar-refractivity contribution in [2.24, 2.45) is 11.3 Å². The van der Waals surface area contributed by atoms with Gasteiger partial charge >= 0.3 is 12.0 Å². The van der Waals surface area contributed by atoms with Gasteiger partial charge in [-0.1, -0.05) is 6.42 Å². The van der Waals surface area contributed by atoms with Crippen molar-refractivity contribution >= 4 is 12.0 Å². The van der Waals surface area contributed by atoms with Gasteiger partial charge in [0.05, 0.1) is 18.1 Å². The van der Waals surface area contributed by atoms with Crippen LogP contribution < -0.4 is 5.32 Å². The summed E-state index contributed by atoms with van der Waals surface area (Å²) < 4.78 is 10.2. The predicted molar refractivity (Wildman–Crippen MR) is 75.1 cm³/mol. The normalized spacial score (nSPS) is 29.2. The van der Waals surface area contributed by atoms with Crippen LogP contribution in [-0.2, 0) is 14.3 Å². The number of nitrogens with one attached hydrogen (secondary N) is 1. The maximum Gasteiger partial charge on any atom is 0.317 e. The Morgan fingerprint density at radius 2 is 2.24 bits per heavy atom. The monoisotopic (exact) mass is 300 g/mol. The van der Waals surface area contributed by atoms with Crippen LogP contribution in [0.5, 0.6) is 0 Å². The van der Waals surface area contributed by atoms with E-state index >= 15 is 0 Å². The molecule has 0 bridgehead atoms. The van der Waals surface area contributed by atoms with Crippen LogP contribution in [0.1, 0.15) is 19.3 Å². The molecule has 2 fully saturated rings. The first kappa shape index (κ1) is 16.0. The van der Waals surface area contributed by atoms with Gasteiger partial charge in [0.2, 0.25) is 0 Å². The van der Waals surface area contributed by atoms with Crippen LogP contribution in [0.2, 0.25) is 0 Å². The molecule has 0 radical (unpaired) electrons. The number of aliphatic carboxylic acids is 1. The molecule has 0 aromatic heterocycles. The summed E-state index contributed by atoms with van der Waals surface area (Å²) in [5, 5.41) is 12.3. The lowest BCUT2D eigenvalue weighted by Gasteiger charge is -2.24. The van der Waals surface area contributed by atoms with E-state index < -0.39 is 11.4 Å². The highest BCUT2D eigenvalue weighted by Crippen LogP contribution is 2.48. The van der Waals surface area contributed by atoms with E-state index in [0.717, 1.165) is 12.8 Å². The van der Waals surface area contributed by atoms with Crippen LogP contribution in [0.15, 0.2) is 0 Å². The summed E-state index contributed by atoms with van der Waals surface area (Å²) in [5.74, 6) is -0.688. The number of carbonyl (C=O) groups excluding carboxylic acids is 1. The van der Waals surface area contributed by atoms with Gasteiger partial charge in [-0.2, -0.15) is 0 Å². The highest BCUT2D eigenvalue weighted by molar-refractivity contribution is 5.80. The number of rotatable bonds is 6. The van der Waals surface area contributed by atoms with Gasteiger partial charge in [-0.3, -0.25) is 4.79 Å². The summed E-state index contributed by atoms with van der Waals surface area (Å²) >= 11 is 0. The third-order valence-corrected chi connectivity index (χ3v) is 4.75.